The zero-order valence-corrected chi connectivity index (χ0v) is 9.48. The lowest BCUT2D eigenvalue weighted by Crippen LogP contribution is -2.29. The van der Waals surface area contributed by atoms with Crippen LogP contribution in [-0.2, 0) is 6.54 Å². The fourth-order valence-electron chi connectivity index (χ4n) is 1.86. The first kappa shape index (κ1) is 11.4. The number of nitrogens with zero attached hydrogens (tertiary/aromatic N) is 3. The first-order valence-electron chi connectivity index (χ1n) is 5.30. The van der Waals surface area contributed by atoms with Gasteiger partial charge in [-0.3, -0.25) is 0 Å². The van der Waals surface area contributed by atoms with Crippen LogP contribution in [0.1, 0.15) is 11.1 Å². The number of urea groups is 1. The molecule has 2 rings (SSSR count). The zero-order chi connectivity index (χ0) is 12.4. The van der Waals surface area contributed by atoms with E-state index in [4.69, 9.17) is 5.26 Å². The second-order valence-electron chi connectivity index (χ2n) is 4.04. The molecule has 0 spiro atoms. The van der Waals surface area contributed by atoms with Crippen LogP contribution in [0.2, 0.25) is 0 Å². The number of amides is 2. The predicted molar refractivity (Wildman–Crippen MR) is 59.6 cm³/mol. The van der Waals surface area contributed by atoms with E-state index in [-0.39, 0.29) is 18.4 Å². The van der Waals surface area contributed by atoms with Crippen LogP contribution in [0.4, 0.5) is 9.18 Å². The summed E-state index contributed by atoms with van der Waals surface area (Å²) in [5.41, 5.74) is 0.963. The summed E-state index contributed by atoms with van der Waals surface area (Å²) < 4.78 is 13.1. The van der Waals surface area contributed by atoms with E-state index in [1.54, 1.807) is 16.8 Å². The molecule has 88 valence electrons. The lowest BCUT2D eigenvalue weighted by Gasteiger charge is -2.16. The Morgan fingerprint density at radius 2 is 2.24 bits per heavy atom. The Bertz CT molecular complexity index is 495. The van der Waals surface area contributed by atoms with Crippen LogP contribution in [0.3, 0.4) is 0 Å². The molecular formula is C12H12FN3O. The summed E-state index contributed by atoms with van der Waals surface area (Å²) in [6, 6.07) is 5.92. The highest BCUT2D eigenvalue weighted by atomic mass is 19.1. The lowest BCUT2D eigenvalue weighted by atomic mass is 10.1. The molecule has 0 N–H and O–H groups in total. The molecule has 17 heavy (non-hydrogen) atoms. The fraction of sp³-hybridized carbons (Fsp3) is 0.333. The molecule has 0 aliphatic carbocycles. The van der Waals surface area contributed by atoms with Gasteiger partial charge in [-0.25, -0.2) is 9.18 Å². The summed E-state index contributed by atoms with van der Waals surface area (Å²) in [7, 11) is 1.72. The molecule has 2 amide bonds. The highest BCUT2D eigenvalue weighted by Gasteiger charge is 2.25. The molecule has 4 nitrogen and oxygen atoms in total. The highest BCUT2D eigenvalue weighted by molar-refractivity contribution is 5.76. The summed E-state index contributed by atoms with van der Waals surface area (Å²) in [5.74, 6) is -0.390. The summed E-state index contributed by atoms with van der Waals surface area (Å²) in [6.07, 6.45) is 0. The van der Waals surface area contributed by atoms with E-state index in [9.17, 15) is 9.18 Å². The molecule has 1 aromatic carbocycles. The molecule has 0 bridgehead atoms. The minimum Gasteiger partial charge on any atom is -0.326 e. The third-order valence-electron chi connectivity index (χ3n) is 2.85. The number of hydrogen-bond donors (Lipinski definition) is 0. The number of benzene rings is 1. The Morgan fingerprint density at radius 3 is 2.82 bits per heavy atom. The van der Waals surface area contributed by atoms with E-state index in [1.165, 1.54) is 18.2 Å². The van der Waals surface area contributed by atoms with Gasteiger partial charge in [0, 0.05) is 26.7 Å². The number of carbonyl (C=O) groups is 1. The van der Waals surface area contributed by atoms with Crippen LogP contribution in [0.5, 0.6) is 0 Å². The van der Waals surface area contributed by atoms with Crippen molar-refractivity contribution in [2.75, 3.05) is 20.1 Å². The standard InChI is InChI=1S/C12H12FN3O/c1-15-4-5-16(12(15)17)8-10-6-11(13)3-2-9(10)7-14/h2-3,6H,4-5,8H2,1H3. The van der Waals surface area contributed by atoms with Crippen LogP contribution >= 0.6 is 0 Å². The monoisotopic (exact) mass is 233 g/mol. The maximum atomic E-state index is 13.1. The number of likely N-dealkylation sites (N-methyl/N-ethyl adjacent to an activating group) is 1. The molecule has 1 aliphatic rings. The summed E-state index contributed by atoms with van der Waals surface area (Å²) >= 11 is 0. The first-order valence-corrected chi connectivity index (χ1v) is 5.30. The van der Waals surface area contributed by atoms with Gasteiger partial charge in [-0.15, -0.1) is 0 Å². The Hall–Kier alpha value is -2.09. The van der Waals surface area contributed by atoms with Gasteiger partial charge in [0.25, 0.3) is 0 Å². The normalized spacial score (nSPS) is 15.2. The van der Waals surface area contributed by atoms with Gasteiger partial charge in [0.2, 0.25) is 0 Å². The topological polar surface area (TPSA) is 47.3 Å². The minimum absolute atomic E-state index is 0.0850. The van der Waals surface area contributed by atoms with Crippen molar-refractivity contribution in [2.45, 2.75) is 6.54 Å². The van der Waals surface area contributed by atoms with Crippen LogP contribution in [0.15, 0.2) is 18.2 Å². The molecule has 1 fully saturated rings. The molecule has 1 heterocycles. The number of nitriles is 1. The molecule has 1 saturated heterocycles. The van der Waals surface area contributed by atoms with Crippen molar-refractivity contribution in [3.63, 3.8) is 0 Å². The van der Waals surface area contributed by atoms with Crippen molar-refractivity contribution in [1.29, 1.82) is 5.26 Å². The van der Waals surface area contributed by atoms with E-state index in [1.807, 2.05) is 6.07 Å². The predicted octanol–water partition coefficient (Wildman–Crippen LogP) is 1.56. The van der Waals surface area contributed by atoms with E-state index in [2.05, 4.69) is 0 Å². The number of halogens is 1. The van der Waals surface area contributed by atoms with Crippen molar-refractivity contribution >= 4 is 6.03 Å². The summed E-state index contributed by atoms with van der Waals surface area (Å²) in [5, 5.41) is 8.91. The lowest BCUT2D eigenvalue weighted by molar-refractivity contribution is 0.197. The summed E-state index contributed by atoms with van der Waals surface area (Å²) in [6.45, 7) is 1.55. The molecule has 1 aromatic rings. The molecule has 0 atom stereocenters. The van der Waals surface area contributed by atoms with Crippen molar-refractivity contribution in [2.24, 2.45) is 0 Å². The quantitative estimate of drug-likeness (QED) is 0.778. The van der Waals surface area contributed by atoms with Gasteiger partial charge in [-0.05, 0) is 23.8 Å². The molecular weight excluding hydrogens is 221 g/mol. The fourth-order valence-corrected chi connectivity index (χ4v) is 1.86. The van der Waals surface area contributed by atoms with Gasteiger partial charge < -0.3 is 9.80 Å². The third kappa shape index (κ3) is 2.21. The smallest absolute Gasteiger partial charge is 0.320 e. The van der Waals surface area contributed by atoms with Gasteiger partial charge in [0.15, 0.2) is 0 Å². The second kappa shape index (κ2) is 4.42. The second-order valence-corrected chi connectivity index (χ2v) is 4.04. The van der Waals surface area contributed by atoms with Crippen molar-refractivity contribution < 1.29 is 9.18 Å². The number of hydrogen-bond acceptors (Lipinski definition) is 2. The maximum Gasteiger partial charge on any atom is 0.320 e. The number of rotatable bonds is 2. The van der Waals surface area contributed by atoms with Crippen molar-refractivity contribution in [1.82, 2.24) is 9.80 Å². The maximum absolute atomic E-state index is 13.1. The van der Waals surface area contributed by atoms with E-state index in [0.717, 1.165) is 0 Å². The Balaban J connectivity index is 2.22. The number of carbonyl (C=O) groups excluding carboxylic acids is 1. The SMILES string of the molecule is CN1CCN(Cc2cc(F)ccc2C#N)C1=O. The zero-order valence-electron chi connectivity index (χ0n) is 9.48. The molecule has 0 radical (unpaired) electrons. The highest BCUT2D eigenvalue weighted by Crippen LogP contribution is 2.16. The Labute approximate surface area is 98.9 Å². The van der Waals surface area contributed by atoms with Gasteiger partial charge in [-0.1, -0.05) is 0 Å². The molecule has 0 unspecified atom stereocenters. The van der Waals surface area contributed by atoms with Gasteiger partial charge >= 0.3 is 6.03 Å². The molecule has 0 aromatic heterocycles. The third-order valence-corrected chi connectivity index (χ3v) is 2.85. The van der Waals surface area contributed by atoms with E-state index in [0.29, 0.717) is 24.2 Å². The van der Waals surface area contributed by atoms with Crippen molar-refractivity contribution in [3.05, 3.63) is 35.1 Å². The summed E-state index contributed by atoms with van der Waals surface area (Å²) in [4.78, 5) is 14.9. The molecule has 1 aliphatic heterocycles. The van der Waals surface area contributed by atoms with Crippen LogP contribution in [-0.4, -0.2) is 36.0 Å². The van der Waals surface area contributed by atoms with Crippen LogP contribution < -0.4 is 0 Å². The van der Waals surface area contributed by atoms with Gasteiger partial charge in [-0.2, -0.15) is 5.26 Å². The Morgan fingerprint density at radius 1 is 1.47 bits per heavy atom. The molecule has 0 saturated carbocycles. The largest absolute Gasteiger partial charge is 0.326 e. The molecule has 5 heteroatoms. The van der Waals surface area contributed by atoms with Gasteiger partial charge in [0.1, 0.15) is 5.82 Å². The van der Waals surface area contributed by atoms with Crippen LogP contribution in [0, 0.1) is 17.1 Å². The van der Waals surface area contributed by atoms with Crippen molar-refractivity contribution in [3.8, 4) is 6.07 Å². The average molecular weight is 233 g/mol. The minimum atomic E-state index is -0.390. The van der Waals surface area contributed by atoms with Gasteiger partial charge in [0.05, 0.1) is 11.6 Å². The first-order chi connectivity index (χ1) is 8.11. The Kier molecular flexibility index (Phi) is 2.96. The average Bonchev–Trinajstić information content (AvgIpc) is 2.61. The van der Waals surface area contributed by atoms with E-state index < -0.39 is 0 Å². The van der Waals surface area contributed by atoms with Crippen LogP contribution in [0.25, 0.3) is 0 Å². The van der Waals surface area contributed by atoms with E-state index >= 15 is 0 Å².